The van der Waals surface area contributed by atoms with Crippen molar-refractivity contribution in [2.75, 3.05) is 20.3 Å². The van der Waals surface area contributed by atoms with Gasteiger partial charge in [-0.2, -0.15) is 0 Å². The van der Waals surface area contributed by atoms with Crippen LogP contribution in [-0.4, -0.2) is 26.6 Å². The minimum absolute atomic E-state index is 0.0173. The quantitative estimate of drug-likeness (QED) is 0.669. The first-order chi connectivity index (χ1) is 13.0. The van der Waals surface area contributed by atoms with Crippen molar-refractivity contribution in [1.29, 1.82) is 0 Å². The van der Waals surface area contributed by atoms with E-state index in [0.29, 0.717) is 19.4 Å². The number of ether oxygens (including phenoxy) is 3. The fourth-order valence-corrected chi connectivity index (χ4v) is 3.26. The summed E-state index contributed by atoms with van der Waals surface area (Å²) in [6.07, 6.45) is 1.71. The van der Waals surface area contributed by atoms with E-state index in [-0.39, 0.29) is 41.3 Å². The summed E-state index contributed by atoms with van der Waals surface area (Å²) in [5.41, 5.74) is 0.552. The standard InChI is InChI=1S/C21H23F3O3/c1-3-10-26-18-8-4-13(11-17(18)22)15-6-7-16(21(24)20(15)23)14-5-9-19(25-2)27-12-14/h4,6-8,11,14,19H,3,5,9-10,12H2,1-2H3. The fraction of sp³-hybridized carbons (Fsp3) is 0.429. The molecule has 3 nitrogen and oxygen atoms in total. The molecule has 0 aromatic heterocycles. The molecule has 27 heavy (non-hydrogen) atoms. The number of halogens is 3. The average Bonchev–Trinajstić information content (AvgIpc) is 2.69. The van der Waals surface area contributed by atoms with Crippen molar-refractivity contribution in [2.24, 2.45) is 0 Å². The lowest BCUT2D eigenvalue weighted by Gasteiger charge is -2.28. The molecule has 1 heterocycles. The molecule has 0 N–H and O–H groups in total. The van der Waals surface area contributed by atoms with Gasteiger partial charge in [0.15, 0.2) is 29.5 Å². The van der Waals surface area contributed by atoms with Gasteiger partial charge in [-0.25, -0.2) is 13.2 Å². The largest absolute Gasteiger partial charge is 0.491 e. The van der Waals surface area contributed by atoms with Gasteiger partial charge in [0.1, 0.15) is 0 Å². The Labute approximate surface area is 157 Å². The molecule has 0 spiro atoms. The predicted octanol–water partition coefficient (Wildman–Crippen LogP) is 5.43. The second-order valence-corrected chi connectivity index (χ2v) is 6.60. The summed E-state index contributed by atoms with van der Waals surface area (Å²) in [4.78, 5) is 0. The Hall–Kier alpha value is -2.05. The zero-order valence-electron chi connectivity index (χ0n) is 15.4. The highest BCUT2D eigenvalue weighted by molar-refractivity contribution is 5.66. The molecule has 0 radical (unpaired) electrons. The van der Waals surface area contributed by atoms with Crippen LogP contribution >= 0.6 is 0 Å². The van der Waals surface area contributed by atoms with E-state index >= 15 is 0 Å². The number of rotatable bonds is 6. The predicted molar refractivity (Wildman–Crippen MR) is 96.3 cm³/mol. The number of hydrogen-bond donors (Lipinski definition) is 0. The smallest absolute Gasteiger partial charge is 0.166 e. The molecule has 3 rings (SSSR count). The summed E-state index contributed by atoms with van der Waals surface area (Å²) in [6, 6.07) is 7.16. The first-order valence-corrected chi connectivity index (χ1v) is 9.10. The normalized spacial score (nSPS) is 19.9. The Morgan fingerprint density at radius 1 is 1.07 bits per heavy atom. The molecule has 0 amide bonds. The monoisotopic (exact) mass is 380 g/mol. The maximum Gasteiger partial charge on any atom is 0.166 e. The number of methoxy groups -OCH3 is 1. The molecule has 1 aliphatic rings. The van der Waals surface area contributed by atoms with Crippen LogP contribution in [0.3, 0.4) is 0 Å². The summed E-state index contributed by atoms with van der Waals surface area (Å²) in [5, 5.41) is 0. The highest BCUT2D eigenvalue weighted by Crippen LogP contribution is 2.35. The van der Waals surface area contributed by atoms with E-state index < -0.39 is 17.5 Å². The van der Waals surface area contributed by atoms with Gasteiger partial charge < -0.3 is 14.2 Å². The fourth-order valence-electron chi connectivity index (χ4n) is 3.26. The maximum absolute atomic E-state index is 14.7. The highest BCUT2D eigenvalue weighted by Gasteiger charge is 2.27. The molecule has 6 heteroatoms. The molecule has 1 aliphatic heterocycles. The van der Waals surface area contributed by atoms with Crippen molar-refractivity contribution >= 4 is 0 Å². The van der Waals surface area contributed by atoms with E-state index in [9.17, 15) is 13.2 Å². The molecule has 1 saturated heterocycles. The van der Waals surface area contributed by atoms with Crippen molar-refractivity contribution in [3.63, 3.8) is 0 Å². The van der Waals surface area contributed by atoms with Crippen LogP contribution in [-0.2, 0) is 9.47 Å². The molecule has 0 saturated carbocycles. The van der Waals surface area contributed by atoms with Crippen molar-refractivity contribution in [3.05, 3.63) is 53.3 Å². The molecular formula is C21H23F3O3. The molecule has 2 unspecified atom stereocenters. The molecular weight excluding hydrogens is 357 g/mol. The lowest BCUT2D eigenvalue weighted by atomic mass is 9.90. The van der Waals surface area contributed by atoms with Crippen LogP contribution in [0.2, 0.25) is 0 Å². The maximum atomic E-state index is 14.7. The van der Waals surface area contributed by atoms with Crippen LogP contribution in [0.1, 0.15) is 37.7 Å². The van der Waals surface area contributed by atoms with Crippen LogP contribution in [0.4, 0.5) is 13.2 Å². The molecule has 146 valence electrons. The van der Waals surface area contributed by atoms with Gasteiger partial charge in [-0.05, 0) is 42.5 Å². The molecule has 0 aliphatic carbocycles. The van der Waals surface area contributed by atoms with Crippen LogP contribution in [0.5, 0.6) is 5.75 Å². The van der Waals surface area contributed by atoms with Crippen LogP contribution in [0.25, 0.3) is 11.1 Å². The lowest BCUT2D eigenvalue weighted by Crippen LogP contribution is -2.26. The van der Waals surface area contributed by atoms with Crippen LogP contribution in [0.15, 0.2) is 30.3 Å². The van der Waals surface area contributed by atoms with E-state index in [2.05, 4.69) is 0 Å². The van der Waals surface area contributed by atoms with Gasteiger partial charge in [0.2, 0.25) is 0 Å². The summed E-state index contributed by atoms with van der Waals surface area (Å²) >= 11 is 0. The van der Waals surface area contributed by atoms with Crippen molar-refractivity contribution in [2.45, 2.75) is 38.4 Å². The molecule has 2 atom stereocenters. The first kappa shape index (κ1) is 19.7. The topological polar surface area (TPSA) is 27.7 Å². The van der Waals surface area contributed by atoms with E-state index in [4.69, 9.17) is 14.2 Å². The zero-order valence-corrected chi connectivity index (χ0v) is 15.4. The van der Waals surface area contributed by atoms with Gasteiger partial charge in [-0.1, -0.05) is 25.1 Å². The average molecular weight is 380 g/mol. The summed E-state index contributed by atoms with van der Waals surface area (Å²) in [7, 11) is 1.55. The van der Waals surface area contributed by atoms with E-state index in [1.54, 1.807) is 13.2 Å². The minimum Gasteiger partial charge on any atom is -0.491 e. The third-order valence-electron chi connectivity index (χ3n) is 4.75. The van der Waals surface area contributed by atoms with Crippen LogP contribution < -0.4 is 4.74 Å². The summed E-state index contributed by atoms with van der Waals surface area (Å²) < 4.78 is 59.4. The van der Waals surface area contributed by atoms with Gasteiger partial charge >= 0.3 is 0 Å². The van der Waals surface area contributed by atoms with Crippen molar-refractivity contribution in [1.82, 2.24) is 0 Å². The Morgan fingerprint density at radius 2 is 1.89 bits per heavy atom. The summed E-state index contributed by atoms with van der Waals surface area (Å²) in [5.74, 6) is -2.63. The second kappa shape index (κ2) is 8.76. The van der Waals surface area contributed by atoms with E-state index in [1.807, 2.05) is 6.92 Å². The molecule has 2 aromatic carbocycles. The van der Waals surface area contributed by atoms with E-state index in [0.717, 1.165) is 12.5 Å². The Balaban J connectivity index is 1.84. The van der Waals surface area contributed by atoms with Gasteiger partial charge in [-0.3, -0.25) is 0 Å². The molecule has 1 fully saturated rings. The van der Waals surface area contributed by atoms with Crippen molar-refractivity contribution < 1.29 is 27.4 Å². The lowest BCUT2D eigenvalue weighted by molar-refractivity contribution is -0.151. The second-order valence-electron chi connectivity index (χ2n) is 6.60. The molecule has 0 bridgehead atoms. The highest BCUT2D eigenvalue weighted by atomic mass is 19.2. The van der Waals surface area contributed by atoms with Gasteiger partial charge in [0, 0.05) is 18.6 Å². The van der Waals surface area contributed by atoms with Gasteiger partial charge in [0.25, 0.3) is 0 Å². The van der Waals surface area contributed by atoms with E-state index in [1.165, 1.54) is 18.2 Å². The van der Waals surface area contributed by atoms with Crippen LogP contribution in [0, 0.1) is 17.5 Å². The third kappa shape index (κ3) is 4.28. The zero-order chi connectivity index (χ0) is 19.4. The van der Waals surface area contributed by atoms with Gasteiger partial charge in [0.05, 0.1) is 13.2 Å². The number of hydrogen-bond acceptors (Lipinski definition) is 3. The minimum atomic E-state index is -0.983. The third-order valence-corrected chi connectivity index (χ3v) is 4.75. The first-order valence-electron chi connectivity index (χ1n) is 9.10. The molecule has 2 aromatic rings. The Bertz CT molecular complexity index is 786. The summed E-state index contributed by atoms with van der Waals surface area (Å²) in [6.45, 7) is 2.58. The Kier molecular flexibility index (Phi) is 6.39. The number of benzene rings is 2. The SMILES string of the molecule is CCCOc1ccc(-c2ccc(C3CCC(OC)OC3)c(F)c2F)cc1F. The van der Waals surface area contributed by atoms with Gasteiger partial charge in [-0.15, -0.1) is 0 Å². The Morgan fingerprint density at radius 3 is 2.52 bits per heavy atom. The van der Waals surface area contributed by atoms with Crippen molar-refractivity contribution in [3.8, 4) is 16.9 Å².